The van der Waals surface area contributed by atoms with Crippen molar-refractivity contribution in [3.8, 4) is 0 Å². The predicted octanol–water partition coefficient (Wildman–Crippen LogP) is 1.35. The highest BCUT2D eigenvalue weighted by Gasteiger charge is 2.31. The summed E-state index contributed by atoms with van der Waals surface area (Å²) in [7, 11) is 0. The molecule has 106 valence electrons. The highest BCUT2D eigenvalue weighted by molar-refractivity contribution is 5.95. The summed E-state index contributed by atoms with van der Waals surface area (Å²) in [4.78, 5) is 8.62. The first-order valence-corrected chi connectivity index (χ1v) is 5.50. The monoisotopic (exact) mass is 277 g/mol. The Kier molecular flexibility index (Phi) is 4.90. The van der Waals surface area contributed by atoms with Gasteiger partial charge in [0.05, 0.1) is 0 Å². The van der Waals surface area contributed by atoms with Crippen LogP contribution >= 0.6 is 0 Å². The van der Waals surface area contributed by atoms with Crippen LogP contribution in [0.2, 0.25) is 0 Å². The Labute approximate surface area is 107 Å². The van der Waals surface area contributed by atoms with Gasteiger partial charge in [-0.15, -0.1) is 0 Å². The molecule has 0 saturated heterocycles. The van der Waals surface area contributed by atoms with Gasteiger partial charge in [0, 0.05) is 12.7 Å². The van der Waals surface area contributed by atoms with Crippen molar-refractivity contribution < 1.29 is 18.4 Å². The molecule has 0 atom stereocenters. The minimum absolute atomic E-state index is 0.0655. The van der Waals surface area contributed by atoms with Gasteiger partial charge in [0.2, 0.25) is 5.95 Å². The van der Waals surface area contributed by atoms with Crippen molar-refractivity contribution in [2.45, 2.75) is 19.5 Å². The Morgan fingerprint density at radius 3 is 2.74 bits per heavy atom. The lowest BCUT2D eigenvalue weighted by Crippen LogP contribution is -2.36. The van der Waals surface area contributed by atoms with E-state index in [1.807, 2.05) is 0 Å². The molecule has 0 aromatic carbocycles. The van der Waals surface area contributed by atoms with Crippen LogP contribution in [0.25, 0.3) is 0 Å². The number of hydrogen-bond acceptors (Lipinski definition) is 5. The Bertz CT molecular complexity index is 449. The first kappa shape index (κ1) is 15.0. The fourth-order valence-corrected chi connectivity index (χ4v) is 1.43. The number of rotatable bonds is 5. The van der Waals surface area contributed by atoms with Crippen molar-refractivity contribution in [3.05, 3.63) is 18.0 Å². The van der Waals surface area contributed by atoms with Gasteiger partial charge in [-0.05, 0) is 12.5 Å². The second kappa shape index (κ2) is 6.21. The molecular weight excluding hydrogens is 263 g/mol. The summed E-state index contributed by atoms with van der Waals surface area (Å²) in [5, 5.41) is 11.3. The minimum atomic E-state index is -4.36. The quantitative estimate of drug-likeness (QED) is 0.367. The highest BCUT2D eigenvalue weighted by Crippen LogP contribution is 2.19. The van der Waals surface area contributed by atoms with E-state index in [2.05, 4.69) is 15.1 Å². The smallest absolute Gasteiger partial charge is 0.406 e. The lowest BCUT2D eigenvalue weighted by Gasteiger charge is -2.23. The van der Waals surface area contributed by atoms with E-state index >= 15 is 0 Å². The molecule has 9 heteroatoms. The fraction of sp³-hybridized carbons (Fsp3) is 0.500. The third kappa shape index (κ3) is 4.60. The molecule has 0 aliphatic heterocycles. The lowest BCUT2D eigenvalue weighted by atomic mass is 10.3. The number of hydrogen-bond donors (Lipinski definition) is 2. The van der Waals surface area contributed by atoms with Crippen molar-refractivity contribution >= 4 is 11.8 Å². The van der Waals surface area contributed by atoms with Crippen LogP contribution in [0.15, 0.2) is 17.4 Å². The number of nitrogens with zero attached hydrogens (tertiary/aromatic N) is 4. The van der Waals surface area contributed by atoms with Crippen LogP contribution in [0.3, 0.4) is 0 Å². The molecule has 0 unspecified atom stereocenters. The van der Waals surface area contributed by atoms with E-state index < -0.39 is 12.7 Å². The molecule has 6 nitrogen and oxygen atoms in total. The molecule has 0 saturated carbocycles. The van der Waals surface area contributed by atoms with E-state index in [0.717, 1.165) is 4.90 Å². The van der Waals surface area contributed by atoms with E-state index in [-0.39, 0.29) is 24.0 Å². The van der Waals surface area contributed by atoms with E-state index in [1.54, 1.807) is 6.92 Å². The van der Waals surface area contributed by atoms with E-state index in [9.17, 15) is 13.2 Å². The molecular formula is C10H14F3N5O. The number of alkyl halides is 3. The topological polar surface area (TPSA) is 87.6 Å². The molecule has 0 aliphatic carbocycles. The number of oxime groups is 1. The highest BCUT2D eigenvalue weighted by atomic mass is 19.4. The van der Waals surface area contributed by atoms with Gasteiger partial charge >= 0.3 is 6.18 Å². The third-order valence-corrected chi connectivity index (χ3v) is 2.16. The summed E-state index contributed by atoms with van der Waals surface area (Å²) in [6, 6.07) is 1.34. The fourth-order valence-electron chi connectivity index (χ4n) is 1.43. The molecule has 1 aromatic rings. The van der Waals surface area contributed by atoms with E-state index in [1.165, 1.54) is 12.3 Å². The number of anilines is 1. The molecule has 3 N–H and O–H groups in total. The normalized spacial score (nSPS) is 12.5. The molecule has 1 heterocycles. The van der Waals surface area contributed by atoms with Gasteiger partial charge in [-0.3, -0.25) is 0 Å². The second-order valence-electron chi connectivity index (χ2n) is 3.76. The first-order chi connectivity index (χ1) is 8.87. The zero-order valence-corrected chi connectivity index (χ0v) is 10.2. The van der Waals surface area contributed by atoms with Crippen LogP contribution in [0.1, 0.15) is 19.0 Å². The molecule has 1 rings (SSSR count). The SMILES string of the molecule is CCCN(CC(F)(F)F)c1nccc(/C(N)=N/O)n1. The maximum Gasteiger partial charge on any atom is 0.406 e. The molecule has 0 amide bonds. The largest absolute Gasteiger partial charge is 0.409 e. The molecule has 0 fully saturated rings. The summed E-state index contributed by atoms with van der Waals surface area (Å²) < 4.78 is 37.4. The van der Waals surface area contributed by atoms with Gasteiger partial charge in [-0.25, -0.2) is 9.97 Å². The molecule has 0 radical (unpaired) electrons. The number of amidine groups is 1. The average Bonchev–Trinajstić information content (AvgIpc) is 2.36. The zero-order chi connectivity index (χ0) is 14.5. The van der Waals surface area contributed by atoms with Crippen LogP contribution in [0.5, 0.6) is 0 Å². The number of halogens is 3. The Hall–Kier alpha value is -2.06. The van der Waals surface area contributed by atoms with Crippen LogP contribution in [-0.2, 0) is 0 Å². The standard InChI is InChI=1S/C10H14F3N5O/c1-2-5-18(6-10(11,12)13)9-15-4-3-7(16-9)8(14)17-19/h3-4,19H,2,5-6H2,1H3,(H2,14,17). The Balaban J connectivity index is 3.02. The molecule has 1 aromatic heterocycles. The first-order valence-electron chi connectivity index (χ1n) is 5.50. The maximum absolute atomic E-state index is 12.5. The molecule has 19 heavy (non-hydrogen) atoms. The third-order valence-electron chi connectivity index (χ3n) is 2.16. The minimum Gasteiger partial charge on any atom is -0.409 e. The Morgan fingerprint density at radius 1 is 1.53 bits per heavy atom. The van der Waals surface area contributed by atoms with Crippen molar-refractivity contribution in [1.29, 1.82) is 0 Å². The van der Waals surface area contributed by atoms with Crippen LogP contribution in [0, 0.1) is 0 Å². The summed E-state index contributed by atoms with van der Waals surface area (Å²) in [5.41, 5.74) is 5.40. The van der Waals surface area contributed by atoms with Gasteiger partial charge < -0.3 is 15.8 Å². The molecule has 0 spiro atoms. The lowest BCUT2D eigenvalue weighted by molar-refractivity contribution is -0.119. The molecule has 0 bridgehead atoms. The summed E-state index contributed by atoms with van der Waals surface area (Å²) in [5.74, 6) is -0.393. The van der Waals surface area contributed by atoms with Gasteiger partial charge in [0.25, 0.3) is 0 Å². The second-order valence-corrected chi connectivity index (χ2v) is 3.76. The van der Waals surface area contributed by atoms with E-state index in [0.29, 0.717) is 6.42 Å². The summed E-state index contributed by atoms with van der Waals surface area (Å²) in [6.45, 7) is 0.746. The van der Waals surface area contributed by atoms with Gasteiger partial charge in [0.1, 0.15) is 12.2 Å². The summed E-state index contributed by atoms with van der Waals surface area (Å²) in [6.07, 6.45) is -2.59. The van der Waals surface area contributed by atoms with Crippen LogP contribution in [0.4, 0.5) is 19.1 Å². The maximum atomic E-state index is 12.5. The summed E-state index contributed by atoms with van der Waals surface area (Å²) >= 11 is 0. The molecule has 0 aliphatic rings. The number of aromatic nitrogens is 2. The van der Waals surface area contributed by atoms with Gasteiger partial charge in [-0.2, -0.15) is 13.2 Å². The van der Waals surface area contributed by atoms with Gasteiger partial charge in [-0.1, -0.05) is 12.1 Å². The average molecular weight is 277 g/mol. The predicted molar refractivity (Wildman–Crippen MR) is 63.1 cm³/mol. The zero-order valence-electron chi connectivity index (χ0n) is 10.2. The van der Waals surface area contributed by atoms with Crippen molar-refractivity contribution in [2.24, 2.45) is 10.9 Å². The van der Waals surface area contributed by atoms with Crippen molar-refractivity contribution in [1.82, 2.24) is 9.97 Å². The van der Waals surface area contributed by atoms with Gasteiger partial charge in [0.15, 0.2) is 5.84 Å². The van der Waals surface area contributed by atoms with E-state index in [4.69, 9.17) is 10.9 Å². The Morgan fingerprint density at radius 2 is 2.21 bits per heavy atom. The van der Waals surface area contributed by atoms with Crippen LogP contribution in [-0.4, -0.2) is 40.3 Å². The van der Waals surface area contributed by atoms with Crippen molar-refractivity contribution in [2.75, 3.05) is 18.0 Å². The van der Waals surface area contributed by atoms with Crippen molar-refractivity contribution in [3.63, 3.8) is 0 Å². The number of nitrogens with two attached hydrogens (primary N) is 1. The van der Waals surface area contributed by atoms with Crippen LogP contribution < -0.4 is 10.6 Å².